The number of benzene rings is 1. The number of carbonyl (C=O) groups excluding carboxylic acids is 1. The Bertz CT molecular complexity index is 1220. The quantitative estimate of drug-likeness (QED) is 0.679. The summed E-state index contributed by atoms with van der Waals surface area (Å²) >= 11 is 0. The highest BCUT2D eigenvalue weighted by molar-refractivity contribution is 6.04. The van der Waals surface area contributed by atoms with Crippen molar-refractivity contribution in [1.29, 1.82) is 0 Å². The minimum absolute atomic E-state index is 0.109. The minimum Gasteiger partial charge on any atom is -0.444 e. The third-order valence-corrected chi connectivity index (χ3v) is 5.68. The third-order valence-electron chi connectivity index (χ3n) is 5.68. The molecule has 0 saturated heterocycles. The fourth-order valence-electron chi connectivity index (χ4n) is 3.94. The lowest BCUT2D eigenvalue weighted by atomic mass is 9.99. The number of aromatic nitrogens is 2. The van der Waals surface area contributed by atoms with E-state index in [4.69, 9.17) is 4.42 Å². The van der Waals surface area contributed by atoms with Crippen LogP contribution in [0.4, 0.5) is 5.82 Å². The molecule has 0 saturated carbocycles. The molecule has 0 fully saturated rings. The summed E-state index contributed by atoms with van der Waals surface area (Å²) in [6.45, 7) is 1.72. The number of rotatable bonds is 3. The van der Waals surface area contributed by atoms with Gasteiger partial charge in [0.2, 0.25) is 0 Å². The van der Waals surface area contributed by atoms with Crippen molar-refractivity contribution in [2.24, 2.45) is 0 Å². The zero-order valence-corrected chi connectivity index (χ0v) is 17.3. The number of hydrogen-bond donors (Lipinski definition) is 2. The second-order valence-electron chi connectivity index (χ2n) is 7.74. The predicted molar refractivity (Wildman–Crippen MR) is 120 cm³/mol. The van der Waals surface area contributed by atoms with Gasteiger partial charge in [0.1, 0.15) is 5.82 Å². The van der Waals surface area contributed by atoms with E-state index in [1.807, 2.05) is 36.5 Å². The molecule has 2 aliphatic rings. The molecular formula is C24H23N5O2. The summed E-state index contributed by atoms with van der Waals surface area (Å²) in [5.41, 5.74) is 4.05. The molecule has 7 nitrogen and oxygen atoms in total. The van der Waals surface area contributed by atoms with Gasteiger partial charge in [-0.15, -0.1) is 0 Å². The van der Waals surface area contributed by atoms with Crippen molar-refractivity contribution in [1.82, 2.24) is 20.2 Å². The van der Waals surface area contributed by atoms with Crippen LogP contribution in [-0.4, -0.2) is 40.9 Å². The minimum atomic E-state index is -0.109. The van der Waals surface area contributed by atoms with E-state index < -0.39 is 0 Å². The molecule has 2 N–H and O–H groups in total. The SMILES string of the molecule is CN1CCC(C(=O)Nc2cc3cc(-c4cnco4)ccc3cn2)=CC1=C1C=CNCC1. The Balaban J connectivity index is 1.40. The normalized spacial score (nSPS) is 18.6. The fraction of sp³-hybridized carbons (Fsp3) is 0.208. The fourth-order valence-corrected chi connectivity index (χ4v) is 3.94. The summed E-state index contributed by atoms with van der Waals surface area (Å²) in [7, 11) is 2.07. The molecule has 2 aromatic heterocycles. The topological polar surface area (TPSA) is 83.3 Å². The number of anilines is 1. The van der Waals surface area contributed by atoms with Crippen LogP contribution in [0.25, 0.3) is 22.1 Å². The van der Waals surface area contributed by atoms with Crippen molar-refractivity contribution < 1.29 is 9.21 Å². The Labute approximate surface area is 180 Å². The molecule has 0 aliphatic carbocycles. The molecule has 0 unspecified atom stereocenters. The lowest BCUT2D eigenvalue weighted by Gasteiger charge is -2.29. The Morgan fingerprint density at radius 2 is 2.13 bits per heavy atom. The molecule has 5 rings (SSSR count). The largest absolute Gasteiger partial charge is 0.444 e. The molecule has 0 radical (unpaired) electrons. The van der Waals surface area contributed by atoms with Crippen molar-refractivity contribution in [3.05, 3.63) is 78.2 Å². The van der Waals surface area contributed by atoms with Crippen molar-refractivity contribution in [3.8, 4) is 11.3 Å². The van der Waals surface area contributed by atoms with Gasteiger partial charge in [0.15, 0.2) is 12.2 Å². The Kier molecular flexibility index (Phi) is 5.00. The maximum absolute atomic E-state index is 13.0. The van der Waals surface area contributed by atoms with Gasteiger partial charge in [-0.1, -0.05) is 12.1 Å². The first-order valence-electron chi connectivity index (χ1n) is 10.3. The van der Waals surface area contributed by atoms with Crippen LogP contribution in [0, 0.1) is 0 Å². The van der Waals surface area contributed by atoms with Crippen LogP contribution < -0.4 is 10.6 Å². The molecule has 4 heterocycles. The van der Waals surface area contributed by atoms with Crippen molar-refractivity contribution >= 4 is 22.5 Å². The van der Waals surface area contributed by atoms with Gasteiger partial charge in [-0.3, -0.25) is 4.79 Å². The molecule has 1 amide bonds. The highest BCUT2D eigenvalue weighted by Gasteiger charge is 2.20. The zero-order valence-electron chi connectivity index (χ0n) is 17.3. The van der Waals surface area contributed by atoms with Crippen molar-refractivity contribution in [2.45, 2.75) is 12.8 Å². The summed E-state index contributed by atoms with van der Waals surface area (Å²) in [4.78, 5) is 23.6. The molecule has 0 spiro atoms. The summed E-state index contributed by atoms with van der Waals surface area (Å²) in [6, 6.07) is 7.85. The van der Waals surface area contributed by atoms with Crippen LogP contribution in [0.15, 0.2) is 82.7 Å². The number of pyridine rings is 1. The van der Waals surface area contributed by atoms with E-state index in [1.165, 1.54) is 12.0 Å². The number of nitrogens with zero attached hydrogens (tertiary/aromatic N) is 3. The van der Waals surface area contributed by atoms with Gasteiger partial charge < -0.3 is 20.0 Å². The molecule has 156 valence electrons. The van der Waals surface area contributed by atoms with Crippen molar-refractivity contribution in [3.63, 3.8) is 0 Å². The van der Waals surface area contributed by atoms with Gasteiger partial charge in [-0.05, 0) is 54.3 Å². The summed E-state index contributed by atoms with van der Waals surface area (Å²) in [5.74, 6) is 1.12. The average Bonchev–Trinajstić information content (AvgIpc) is 3.34. The molecule has 1 aromatic carbocycles. The number of nitrogens with one attached hydrogen (secondary N) is 2. The Morgan fingerprint density at radius 3 is 2.94 bits per heavy atom. The molecule has 7 heteroatoms. The molecule has 31 heavy (non-hydrogen) atoms. The van der Waals surface area contributed by atoms with Gasteiger partial charge >= 0.3 is 0 Å². The van der Waals surface area contributed by atoms with E-state index in [0.717, 1.165) is 47.1 Å². The number of allylic oxidation sites excluding steroid dienone is 2. The first-order chi connectivity index (χ1) is 15.2. The van der Waals surface area contributed by atoms with Crippen molar-refractivity contribution in [2.75, 3.05) is 25.5 Å². The number of likely N-dealkylation sites (N-methyl/N-ethyl adjacent to an activating group) is 1. The monoisotopic (exact) mass is 413 g/mol. The highest BCUT2D eigenvalue weighted by Crippen LogP contribution is 2.27. The van der Waals surface area contributed by atoms with Gasteiger partial charge in [0, 0.05) is 48.6 Å². The first kappa shape index (κ1) is 19.1. The zero-order chi connectivity index (χ0) is 21.2. The van der Waals surface area contributed by atoms with Gasteiger partial charge in [0.25, 0.3) is 5.91 Å². The maximum Gasteiger partial charge on any atom is 0.252 e. The van der Waals surface area contributed by atoms with E-state index in [0.29, 0.717) is 18.0 Å². The number of carbonyl (C=O) groups is 1. The number of amides is 1. The Hall–Kier alpha value is -3.87. The number of oxazole rings is 1. The van der Waals surface area contributed by atoms with E-state index in [1.54, 1.807) is 12.4 Å². The van der Waals surface area contributed by atoms with E-state index in [9.17, 15) is 4.79 Å². The predicted octanol–water partition coefficient (Wildman–Crippen LogP) is 3.85. The van der Waals surface area contributed by atoms with Crippen LogP contribution in [0.2, 0.25) is 0 Å². The lowest BCUT2D eigenvalue weighted by molar-refractivity contribution is -0.113. The van der Waals surface area contributed by atoms with E-state index >= 15 is 0 Å². The van der Waals surface area contributed by atoms with Gasteiger partial charge in [0.05, 0.1) is 6.20 Å². The Morgan fingerprint density at radius 1 is 1.19 bits per heavy atom. The second-order valence-corrected chi connectivity index (χ2v) is 7.74. The first-order valence-corrected chi connectivity index (χ1v) is 10.3. The summed E-state index contributed by atoms with van der Waals surface area (Å²) < 4.78 is 5.39. The van der Waals surface area contributed by atoms with E-state index in [2.05, 4.69) is 38.6 Å². The maximum atomic E-state index is 13.0. The second kappa shape index (κ2) is 8.10. The smallest absolute Gasteiger partial charge is 0.252 e. The standard InChI is InChI=1S/C24H23N5O2/c1-29-9-6-18(11-21(29)16-4-7-25-8-5-16)24(30)28-23-12-20-10-17(22-14-26-15-31-22)2-3-19(20)13-27-23/h2-4,7,10-15,25H,5-6,8-9H2,1H3,(H,27,28,30). The van der Waals surface area contributed by atoms with Crippen LogP contribution in [0.3, 0.4) is 0 Å². The third kappa shape index (κ3) is 3.94. The van der Waals surface area contributed by atoms with Gasteiger partial charge in [-0.2, -0.15) is 0 Å². The molecule has 2 aliphatic heterocycles. The average molecular weight is 413 g/mol. The summed E-state index contributed by atoms with van der Waals surface area (Å²) in [5, 5.41) is 8.14. The number of hydrogen-bond acceptors (Lipinski definition) is 6. The lowest BCUT2D eigenvalue weighted by Crippen LogP contribution is -2.29. The van der Waals surface area contributed by atoms with Crippen LogP contribution in [-0.2, 0) is 4.79 Å². The van der Waals surface area contributed by atoms with Gasteiger partial charge in [-0.25, -0.2) is 9.97 Å². The van der Waals surface area contributed by atoms with Crippen LogP contribution in [0.5, 0.6) is 0 Å². The number of fused-ring (bicyclic) bond motifs is 1. The highest BCUT2D eigenvalue weighted by atomic mass is 16.3. The molecule has 0 atom stereocenters. The van der Waals surface area contributed by atoms with E-state index in [-0.39, 0.29) is 5.91 Å². The molecule has 3 aromatic rings. The molecular weight excluding hydrogens is 390 g/mol. The molecule has 0 bridgehead atoms. The summed E-state index contributed by atoms with van der Waals surface area (Å²) in [6.07, 6.45) is 12.6. The van der Waals surface area contributed by atoms with Crippen LogP contribution >= 0.6 is 0 Å². The van der Waals surface area contributed by atoms with Crippen LogP contribution in [0.1, 0.15) is 12.8 Å².